The highest BCUT2D eigenvalue weighted by Gasteiger charge is 2.04. The minimum atomic E-state index is -0.0906. The van der Waals surface area contributed by atoms with Gasteiger partial charge < -0.3 is 11.1 Å². The highest BCUT2D eigenvalue weighted by molar-refractivity contribution is 6.30. The average molecular weight is 275 g/mol. The molecule has 0 radical (unpaired) electrons. The Kier molecular flexibility index (Phi) is 4.42. The molecule has 2 aromatic carbocycles. The molecule has 2 rings (SSSR count). The van der Waals surface area contributed by atoms with E-state index in [1.54, 1.807) is 24.3 Å². The lowest BCUT2D eigenvalue weighted by Crippen LogP contribution is -2.25. The van der Waals surface area contributed by atoms with E-state index in [2.05, 4.69) is 5.32 Å². The fraction of sp³-hybridized carbons (Fsp3) is 0.133. The van der Waals surface area contributed by atoms with E-state index < -0.39 is 0 Å². The van der Waals surface area contributed by atoms with Crippen LogP contribution in [0.15, 0.2) is 48.5 Å². The number of amides is 1. The quantitative estimate of drug-likeness (QED) is 0.843. The Hall–Kier alpha value is -2.00. The number of nitrogens with one attached hydrogen (secondary N) is 1. The first kappa shape index (κ1) is 13.4. The zero-order chi connectivity index (χ0) is 13.7. The van der Waals surface area contributed by atoms with Crippen LogP contribution in [0, 0.1) is 0 Å². The van der Waals surface area contributed by atoms with Crippen LogP contribution in [-0.2, 0) is 6.42 Å². The molecule has 0 unspecified atom stereocenters. The van der Waals surface area contributed by atoms with Crippen LogP contribution in [0.2, 0.25) is 5.02 Å². The monoisotopic (exact) mass is 274 g/mol. The number of carbonyl (C=O) groups excluding carboxylic acids is 1. The summed E-state index contributed by atoms with van der Waals surface area (Å²) in [5, 5.41) is 3.49. The van der Waals surface area contributed by atoms with Crippen molar-refractivity contribution in [2.24, 2.45) is 0 Å². The molecule has 19 heavy (non-hydrogen) atoms. The Morgan fingerprint density at radius 1 is 1.05 bits per heavy atom. The molecule has 0 heterocycles. The van der Waals surface area contributed by atoms with Crippen LogP contribution in [0.25, 0.3) is 0 Å². The number of anilines is 1. The molecule has 0 aliphatic heterocycles. The van der Waals surface area contributed by atoms with Gasteiger partial charge in [0.2, 0.25) is 0 Å². The van der Waals surface area contributed by atoms with Crippen molar-refractivity contribution in [1.82, 2.24) is 5.32 Å². The fourth-order valence-electron chi connectivity index (χ4n) is 1.71. The largest absolute Gasteiger partial charge is 0.399 e. The fourth-order valence-corrected chi connectivity index (χ4v) is 1.83. The summed E-state index contributed by atoms with van der Waals surface area (Å²) in [6, 6.07) is 14.5. The minimum absolute atomic E-state index is 0.0906. The van der Waals surface area contributed by atoms with Crippen LogP contribution in [0.1, 0.15) is 15.9 Å². The van der Waals surface area contributed by atoms with Crippen LogP contribution in [0.4, 0.5) is 5.69 Å². The first-order chi connectivity index (χ1) is 9.15. The van der Waals surface area contributed by atoms with E-state index in [0.29, 0.717) is 17.1 Å². The third-order valence-electron chi connectivity index (χ3n) is 2.79. The van der Waals surface area contributed by atoms with Gasteiger partial charge in [-0.2, -0.15) is 0 Å². The summed E-state index contributed by atoms with van der Waals surface area (Å²) in [6.07, 6.45) is 0.777. The molecule has 3 nitrogen and oxygen atoms in total. The predicted molar refractivity (Wildman–Crippen MR) is 78.3 cm³/mol. The molecule has 3 N–H and O–H groups in total. The van der Waals surface area contributed by atoms with Gasteiger partial charge in [-0.25, -0.2) is 0 Å². The second kappa shape index (κ2) is 6.25. The van der Waals surface area contributed by atoms with Gasteiger partial charge in [0.25, 0.3) is 5.91 Å². The van der Waals surface area contributed by atoms with Crippen LogP contribution in [0.3, 0.4) is 0 Å². The summed E-state index contributed by atoms with van der Waals surface area (Å²) in [6.45, 7) is 0.589. The van der Waals surface area contributed by atoms with Gasteiger partial charge in [0.1, 0.15) is 0 Å². The van der Waals surface area contributed by atoms with Gasteiger partial charge in [-0.3, -0.25) is 4.79 Å². The van der Waals surface area contributed by atoms with E-state index in [1.807, 2.05) is 24.3 Å². The number of nitrogen functional groups attached to an aromatic ring is 1. The first-order valence-electron chi connectivity index (χ1n) is 6.03. The van der Waals surface area contributed by atoms with Crippen molar-refractivity contribution in [3.8, 4) is 0 Å². The Morgan fingerprint density at radius 3 is 2.32 bits per heavy atom. The van der Waals surface area contributed by atoms with Gasteiger partial charge in [0.05, 0.1) is 0 Å². The van der Waals surface area contributed by atoms with Crippen LogP contribution < -0.4 is 11.1 Å². The van der Waals surface area contributed by atoms with Crippen molar-refractivity contribution in [2.45, 2.75) is 6.42 Å². The van der Waals surface area contributed by atoms with Crippen molar-refractivity contribution < 1.29 is 4.79 Å². The Balaban J connectivity index is 1.84. The number of rotatable bonds is 4. The van der Waals surface area contributed by atoms with Gasteiger partial charge in [-0.05, 0) is 48.4 Å². The normalized spacial score (nSPS) is 10.2. The summed E-state index contributed by atoms with van der Waals surface area (Å²) in [5.41, 5.74) is 8.11. The van der Waals surface area contributed by atoms with E-state index in [1.165, 1.54) is 0 Å². The zero-order valence-corrected chi connectivity index (χ0v) is 11.2. The number of nitrogens with two attached hydrogens (primary N) is 1. The maximum absolute atomic E-state index is 11.8. The highest BCUT2D eigenvalue weighted by Crippen LogP contribution is 2.09. The SMILES string of the molecule is Nc1ccc(CCNC(=O)c2ccc(Cl)cc2)cc1. The first-order valence-corrected chi connectivity index (χ1v) is 6.41. The summed E-state index contributed by atoms with van der Waals surface area (Å²) in [4.78, 5) is 11.8. The summed E-state index contributed by atoms with van der Waals surface area (Å²) < 4.78 is 0. The topological polar surface area (TPSA) is 55.1 Å². The lowest BCUT2D eigenvalue weighted by Gasteiger charge is -2.06. The third kappa shape index (κ3) is 4.00. The van der Waals surface area contributed by atoms with E-state index in [9.17, 15) is 4.79 Å². The van der Waals surface area contributed by atoms with Crippen molar-refractivity contribution in [3.63, 3.8) is 0 Å². The number of carbonyl (C=O) groups is 1. The number of benzene rings is 2. The average Bonchev–Trinajstić information content (AvgIpc) is 2.41. The van der Waals surface area contributed by atoms with Crippen LogP contribution >= 0.6 is 11.6 Å². The van der Waals surface area contributed by atoms with Gasteiger partial charge in [-0.15, -0.1) is 0 Å². The molecule has 0 aliphatic carbocycles. The lowest BCUT2D eigenvalue weighted by molar-refractivity contribution is 0.0954. The Labute approximate surface area is 117 Å². The number of hydrogen-bond acceptors (Lipinski definition) is 2. The van der Waals surface area contributed by atoms with Gasteiger partial charge in [0, 0.05) is 22.8 Å². The molecule has 0 bridgehead atoms. The molecule has 1 amide bonds. The Morgan fingerprint density at radius 2 is 1.68 bits per heavy atom. The van der Waals surface area contributed by atoms with Gasteiger partial charge >= 0.3 is 0 Å². The summed E-state index contributed by atoms with van der Waals surface area (Å²) >= 11 is 5.77. The second-order valence-electron chi connectivity index (χ2n) is 4.25. The number of hydrogen-bond donors (Lipinski definition) is 2. The maximum atomic E-state index is 11.8. The van der Waals surface area contributed by atoms with Gasteiger partial charge in [-0.1, -0.05) is 23.7 Å². The van der Waals surface area contributed by atoms with E-state index in [-0.39, 0.29) is 5.91 Å². The van der Waals surface area contributed by atoms with Crippen LogP contribution in [-0.4, -0.2) is 12.5 Å². The molecule has 0 fully saturated rings. The molecule has 2 aromatic rings. The predicted octanol–water partition coefficient (Wildman–Crippen LogP) is 2.89. The summed E-state index contributed by atoms with van der Waals surface area (Å²) in [7, 11) is 0. The molecular formula is C15H15ClN2O. The van der Waals surface area contributed by atoms with E-state index in [0.717, 1.165) is 17.7 Å². The zero-order valence-electron chi connectivity index (χ0n) is 10.4. The van der Waals surface area contributed by atoms with Crippen molar-refractivity contribution in [1.29, 1.82) is 0 Å². The molecule has 0 aliphatic rings. The molecule has 0 aromatic heterocycles. The Bertz CT molecular complexity index is 549. The third-order valence-corrected chi connectivity index (χ3v) is 3.04. The molecule has 98 valence electrons. The smallest absolute Gasteiger partial charge is 0.251 e. The van der Waals surface area contributed by atoms with Gasteiger partial charge in [0.15, 0.2) is 0 Å². The van der Waals surface area contributed by atoms with Crippen molar-refractivity contribution >= 4 is 23.2 Å². The van der Waals surface area contributed by atoms with E-state index >= 15 is 0 Å². The molecule has 0 atom stereocenters. The standard InChI is InChI=1S/C15H15ClN2O/c16-13-5-3-12(4-6-13)15(19)18-10-9-11-1-7-14(17)8-2-11/h1-8H,9-10,17H2,(H,18,19). The molecular weight excluding hydrogens is 260 g/mol. The van der Waals surface area contributed by atoms with Crippen LogP contribution in [0.5, 0.6) is 0 Å². The lowest BCUT2D eigenvalue weighted by atomic mass is 10.1. The van der Waals surface area contributed by atoms with E-state index in [4.69, 9.17) is 17.3 Å². The molecule has 0 spiro atoms. The highest BCUT2D eigenvalue weighted by atomic mass is 35.5. The minimum Gasteiger partial charge on any atom is -0.399 e. The number of halogens is 1. The van der Waals surface area contributed by atoms with Crippen molar-refractivity contribution in [3.05, 3.63) is 64.7 Å². The summed E-state index contributed by atoms with van der Waals surface area (Å²) in [5.74, 6) is -0.0906. The maximum Gasteiger partial charge on any atom is 0.251 e. The molecule has 4 heteroatoms. The van der Waals surface area contributed by atoms with Crippen molar-refractivity contribution in [2.75, 3.05) is 12.3 Å². The molecule has 0 saturated carbocycles. The molecule has 0 saturated heterocycles. The second-order valence-corrected chi connectivity index (χ2v) is 4.69.